The summed E-state index contributed by atoms with van der Waals surface area (Å²) in [6.45, 7) is 2.57. The fraction of sp³-hybridized carbons (Fsp3) is 0.0909. The zero-order valence-corrected chi connectivity index (χ0v) is 17.7. The molecule has 0 bridgehead atoms. The van der Waals surface area contributed by atoms with Crippen LogP contribution < -0.4 is 4.74 Å². The lowest BCUT2D eigenvalue weighted by molar-refractivity contribution is 0.340. The Hall–Kier alpha value is -2.83. The van der Waals surface area contributed by atoms with Crippen LogP contribution in [0.25, 0.3) is 22.6 Å². The Bertz CT molecular complexity index is 1200. The standard InChI is InChI=1S/C22H16BrClN2O3/c1-2-28-17-6-3-13(4-7-17)22-26-19-11-16(5-8-20(19)29-22)25-12-14-9-15(23)10-18(24)21(14)27/h3-12,27H,2H2,1H3. The second kappa shape index (κ2) is 8.27. The van der Waals surface area contributed by atoms with Crippen LogP contribution in [-0.4, -0.2) is 22.9 Å². The van der Waals surface area contributed by atoms with E-state index in [0.717, 1.165) is 15.8 Å². The van der Waals surface area contributed by atoms with Crippen LogP contribution in [0.4, 0.5) is 5.69 Å². The second-order valence-corrected chi connectivity index (χ2v) is 7.53. The van der Waals surface area contributed by atoms with Gasteiger partial charge in [-0.25, -0.2) is 4.98 Å². The van der Waals surface area contributed by atoms with Crippen molar-refractivity contribution in [2.75, 3.05) is 6.61 Å². The van der Waals surface area contributed by atoms with Gasteiger partial charge in [-0.2, -0.15) is 0 Å². The van der Waals surface area contributed by atoms with Gasteiger partial charge in [-0.1, -0.05) is 27.5 Å². The summed E-state index contributed by atoms with van der Waals surface area (Å²) < 4.78 is 12.1. The first-order valence-electron chi connectivity index (χ1n) is 8.89. The third-order valence-corrected chi connectivity index (χ3v) is 4.94. The molecule has 0 atom stereocenters. The van der Waals surface area contributed by atoms with Gasteiger partial charge >= 0.3 is 0 Å². The largest absolute Gasteiger partial charge is 0.506 e. The van der Waals surface area contributed by atoms with Crippen LogP contribution in [-0.2, 0) is 0 Å². The van der Waals surface area contributed by atoms with Gasteiger partial charge in [0.1, 0.15) is 17.0 Å². The molecule has 0 saturated carbocycles. The third kappa shape index (κ3) is 4.28. The maximum atomic E-state index is 10.1. The summed E-state index contributed by atoms with van der Waals surface area (Å²) in [7, 11) is 0. The first-order valence-corrected chi connectivity index (χ1v) is 10.1. The van der Waals surface area contributed by atoms with Gasteiger partial charge in [0.25, 0.3) is 0 Å². The number of phenolic OH excluding ortho intramolecular Hbond substituents is 1. The van der Waals surface area contributed by atoms with E-state index in [1.54, 1.807) is 18.3 Å². The van der Waals surface area contributed by atoms with Crippen molar-refractivity contribution in [1.29, 1.82) is 0 Å². The van der Waals surface area contributed by atoms with Crippen molar-refractivity contribution >= 4 is 50.5 Å². The molecule has 7 heteroatoms. The summed E-state index contributed by atoms with van der Waals surface area (Å²) in [6.07, 6.45) is 1.56. The Kier molecular flexibility index (Phi) is 5.56. The minimum absolute atomic E-state index is 0.0149. The van der Waals surface area contributed by atoms with E-state index in [1.165, 1.54) is 0 Å². The number of hydrogen-bond acceptors (Lipinski definition) is 5. The Morgan fingerprint density at radius 3 is 2.72 bits per heavy atom. The molecule has 0 saturated heterocycles. The Labute approximate surface area is 180 Å². The normalized spacial score (nSPS) is 11.4. The molecule has 0 spiro atoms. The van der Waals surface area contributed by atoms with Gasteiger partial charge in [0.15, 0.2) is 5.58 Å². The van der Waals surface area contributed by atoms with Gasteiger partial charge in [-0.3, -0.25) is 4.99 Å². The van der Waals surface area contributed by atoms with Gasteiger partial charge in [0.2, 0.25) is 5.89 Å². The molecule has 1 aromatic heterocycles. The van der Waals surface area contributed by atoms with Crippen LogP contribution in [0.2, 0.25) is 5.02 Å². The number of ether oxygens (including phenoxy) is 1. The van der Waals surface area contributed by atoms with Crippen molar-refractivity contribution in [1.82, 2.24) is 4.98 Å². The van der Waals surface area contributed by atoms with Crippen molar-refractivity contribution in [2.24, 2.45) is 4.99 Å². The molecular weight excluding hydrogens is 456 g/mol. The van der Waals surface area contributed by atoms with Gasteiger partial charge < -0.3 is 14.3 Å². The number of oxazole rings is 1. The number of nitrogens with zero attached hydrogens (tertiary/aromatic N) is 2. The first-order chi connectivity index (χ1) is 14.0. The van der Waals surface area contributed by atoms with Gasteiger partial charge in [-0.15, -0.1) is 0 Å². The summed E-state index contributed by atoms with van der Waals surface area (Å²) in [5, 5.41) is 10.3. The SMILES string of the molecule is CCOc1ccc(-c2nc3cc(N=Cc4cc(Br)cc(Cl)c4O)ccc3o2)cc1. The molecule has 3 aromatic carbocycles. The van der Waals surface area contributed by atoms with Crippen molar-refractivity contribution < 1.29 is 14.3 Å². The number of aromatic hydroxyl groups is 1. The summed E-state index contributed by atoms with van der Waals surface area (Å²) in [4.78, 5) is 8.98. The number of hydrogen-bond donors (Lipinski definition) is 1. The highest BCUT2D eigenvalue weighted by Crippen LogP contribution is 2.31. The average molecular weight is 472 g/mol. The Balaban J connectivity index is 1.62. The molecule has 4 aromatic rings. The fourth-order valence-corrected chi connectivity index (χ4v) is 3.64. The molecular formula is C22H16BrClN2O3. The van der Waals surface area contributed by atoms with Crippen molar-refractivity contribution in [3.8, 4) is 23.0 Å². The topological polar surface area (TPSA) is 67.9 Å². The molecule has 0 aliphatic rings. The number of fused-ring (bicyclic) bond motifs is 1. The van der Waals surface area contributed by atoms with Crippen LogP contribution >= 0.6 is 27.5 Å². The maximum absolute atomic E-state index is 10.1. The van der Waals surface area contributed by atoms with Crippen molar-refractivity contribution in [2.45, 2.75) is 6.92 Å². The van der Waals surface area contributed by atoms with Crippen LogP contribution in [0.3, 0.4) is 0 Å². The molecule has 0 radical (unpaired) electrons. The predicted octanol–water partition coefficient (Wildman–Crippen LogP) is 6.77. The fourth-order valence-electron chi connectivity index (χ4n) is 2.81. The molecule has 0 unspecified atom stereocenters. The van der Waals surface area contributed by atoms with E-state index in [0.29, 0.717) is 34.8 Å². The molecule has 0 amide bonds. The van der Waals surface area contributed by atoms with Crippen molar-refractivity contribution in [3.63, 3.8) is 0 Å². The lowest BCUT2D eigenvalue weighted by atomic mass is 10.2. The van der Waals surface area contributed by atoms with Crippen LogP contribution in [0.1, 0.15) is 12.5 Å². The molecule has 1 heterocycles. The van der Waals surface area contributed by atoms with Gasteiger partial charge in [-0.05, 0) is 61.5 Å². The highest BCUT2D eigenvalue weighted by molar-refractivity contribution is 9.10. The van der Waals surface area contributed by atoms with Gasteiger partial charge in [0, 0.05) is 21.8 Å². The molecule has 0 aliphatic heterocycles. The first kappa shape index (κ1) is 19.5. The van der Waals surface area contributed by atoms with E-state index in [9.17, 15) is 5.11 Å². The van der Waals surface area contributed by atoms with E-state index >= 15 is 0 Å². The van der Waals surface area contributed by atoms with Crippen LogP contribution in [0.15, 0.2) is 68.5 Å². The Morgan fingerprint density at radius 1 is 1.17 bits per heavy atom. The number of aromatic nitrogens is 1. The average Bonchev–Trinajstić information content (AvgIpc) is 3.14. The Morgan fingerprint density at radius 2 is 1.97 bits per heavy atom. The highest BCUT2D eigenvalue weighted by Gasteiger charge is 2.10. The summed E-state index contributed by atoms with van der Waals surface area (Å²) >= 11 is 9.35. The summed E-state index contributed by atoms with van der Waals surface area (Å²) in [5.74, 6) is 1.32. The quantitative estimate of drug-likeness (QED) is 0.326. The smallest absolute Gasteiger partial charge is 0.227 e. The minimum atomic E-state index is -0.0149. The molecule has 146 valence electrons. The zero-order valence-electron chi connectivity index (χ0n) is 15.4. The molecule has 0 fully saturated rings. The zero-order chi connectivity index (χ0) is 20.4. The number of halogens is 2. The molecule has 4 rings (SSSR count). The summed E-state index contributed by atoms with van der Waals surface area (Å²) in [5.41, 5.74) is 3.42. The lowest BCUT2D eigenvalue weighted by Crippen LogP contribution is -1.90. The molecule has 1 N–H and O–H groups in total. The minimum Gasteiger partial charge on any atom is -0.506 e. The van der Waals surface area contributed by atoms with E-state index in [-0.39, 0.29) is 10.8 Å². The maximum Gasteiger partial charge on any atom is 0.227 e. The van der Waals surface area contributed by atoms with E-state index in [4.69, 9.17) is 20.8 Å². The van der Waals surface area contributed by atoms with Crippen LogP contribution in [0, 0.1) is 0 Å². The lowest BCUT2D eigenvalue weighted by Gasteiger charge is -2.02. The predicted molar refractivity (Wildman–Crippen MR) is 119 cm³/mol. The summed E-state index contributed by atoms with van der Waals surface area (Å²) in [6, 6.07) is 16.4. The van der Waals surface area contributed by atoms with E-state index in [1.807, 2.05) is 49.4 Å². The van der Waals surface area contributed by atoms with E-state index < -0.39 is 0 Å². The number of benzene rings is 3. The van der Waals surface area contributed by atoms with Crippen molar-refractivity contribution in [3.05, 3.63) is 69.7 Å². The monoisotopic (exact) mass is 470 g/mol. The van der Waals surface area contributed by atoms with Crippen LogP contribution in [0.5, 0.6) is 11.5 Å². The highest BCUT2D eigenvalue weighted by atomic mass is 79.9. The number of rotatable bonds is 5. The molecule has 5 nitrogen and oxygen atoms in total. The van der Waals surface area contributed by atoms with E-state index in [2.05, 4.69) is 25.9 Å². The molecule has 29 heavy (non-hydrogen) atoms. The number of aliphatic imine (C=N–C) groups is 1. The third-order valence-electron chi connectivity index (χ3n) is 4.19. The number of phenols is 1. The molecule has 0 aliphatic carbocycles. The second-order valence-electron chi connectivity index (χ2n) is 6.21. The van der Waals surface area contributed by atoms with Gasteiger partial charge in [0.05, 0.1) is 17.3 Å².